The van der Waals surface area contributed by atoms with Crippen LogP contribution in [-0.4, -0.2) is 30.9 Å². The van der Waals surface area contributed by atoms with Gasteiger partial charge in [-0.3, -0.25) is 9.79 Å². The highest BCUT2D eigenvalue weighted by atomic mass is 16.1. The number of aliphatic imine (C=N–C) groups is 1. The third-order valence-corrected chi connectivity index (χ3v) is 2.67. The molecule has 1 rings (SSSR count). The lowest BCUT2D eigenvalue weighted by atomic mass is 10.1. The molecular weight excluding hydrogens is 168 g/mol. The number of carbonyl (C=O) groups excluding carboxylic acids is 1. The van der Waals surface area contributed by atoms with Gasteiger partial charge in [-0.15, -0.1) is 0 Å². The van der Waals surface area contributed by atoms with Gasteiger partial charge in [0.25, 0.3) is 0 Å². The van der Waals surface area contributed by atoms with Gasteiger partial charge in [0.2, 0.25) is 0 Å². The lowest BCUT2D eigenvalue weighted by molar-refractivity contribution is -0.120. The van der Waals surface area contributed by atoms with E-state index in [1.165, 1.54) is 0 Å². The van der Waals surface area contributed by atoms with E-state index in [9.17, 15) is 4.79 Å². The molecular formula is C8H16N4O. The van der Waals surface area contributed by atoms with E-state index in [0.29, 0.717) is 6.54 Å². The molecule has 5 N–H and O–H groups in total. The van der Waals surface area contributed by atoms with E-state index < -0.39 is 0 Å². The van der Waals surface area contributed by atoms with Crippen molar-refractivity contribution >= 4 is 11.7 Å². The van der Waals surface area contributed by atoms with Gasteiger partial charge in [0.1, 0.15) is 5.78 Å². The molecule has 0 aromatic heterocycles. The first-order valence-electron chi connectivity index (χ1n) is 4.28. The van der Waals surface area contributed by atoms with Crippen molar-refractivity contribution in [2.24, 2.45) is 22.4 Å². The first-order valence-corrected chi connectivity index (χ1v) is 4.28. The van der Waals surface area contributed by atoms with Gasteiger partial charge in [0.05, 0.1) is 5.54 Å². The van der Waals surface area contributed by atoms with Crippen LogP contribution in [0.3, 0.4) is 0 Å². The van der Waals surface area contributed by atoms with Crippen LogP contribution in [0.1, 0.15) is 13.3 Å². The standard InChI is InChI=1S/C8H16N4O/c1-5(13)8(11-2)3-6(8)4-12-7(9)10/h6,11H,3-4H2,1-2H3,(H4,9,10,12)/t6?,8-/m0/s1. The van der Waals surface area contributed by atoms with Gasteiger partial charge < -0.3 is 16.8 Å². The topological polar surface area (TPSA) is 93.5 Å². The van der Waals surface area contributed by atoms with E-state index >= 15 is 0 Å². The average Bonchev–Trinajstić information content (AvgIpc) is 2.75. The Morgan fingerprint density at radius 1 is 1.69 bits per heavy atom. The number of hydrogen-bond acceptors (Lipinski definition) is 3. The molecule has 0 bridgehead atoms. The van der Waals surface area contributed by atoms with Crippen LogP contribution in [0.5, 0.6) is 0 Å². The first kappa shape index (κ1) is 9.98. The summed E-state index contributed by atoms with van der Waals surface area (Å²) in [5.74, 6) is 0.489. The SMILES string of the molecule is CN[C@]1(C(C)=O)CC1CN=C(N)N. The van der Waals surface area contributed by atoms with E-state index in [2.05, 4.69) is 10.3 Å². The second kappa shape index (κ2) is 3.33. The molecule has 1 saturated carbocycles. The van der Waals surface area contributed by atoms with Crippen LogP contribution < -0.4 is 16.8 Å². The molecule has 1 unspecified atom stereocenters. The van der Waals surface area contributed by atoms with E-state index in [1.54, 1.807) is 14.0 Å². The van der Waals surface area contributed by atoms with Crippen LogP contribution in [0.15, 0.2) is 4.99 Å². The molecule has 0 saturated heterocycles. The smallest absolute Gasteiger partial charge is 0.185 e. The second-order valence-corrected chi connectivity index (χ2v) is 3.44. The molecule has 5 heteroatoms. The number of ketones is 1. The zero-order chi connectivity index (χ0) is 10.1. The third kappa shape index (κ3) is 1.80. The number of hydrogen-bond donors (Lipinski definition) is 3. The molecule has 1 aliphatic carbocycles. The number of Topliss-reactive ketones (excluding diaryl/α,β-unsaturated/α-hetero) is 1. The van der Waals surface area contributed by atoms with Crippen LogP contribution in [0, 0.1) is 5.92 Å². The maximum atomic E-state index is 11.2. The fourth-order valence-electron chi connectivity index (χ4n) is 1.68. The third-order valence-electron chi connectivity index (χ3n) is 2.67. The maximum absolute atomic E-state index is 11.2. The summed E-state index contributed by atoms with van der Waals surface area (Å²) in [4.78, 5) is 15.1. The number of carbonyl (C=O) groups is 1. The number of likely N-dealkylation sites (N-methyl/N-ethyl adjacent to an activating group) is 1. The van der Waals surface area contributed by atoms with Crippen LogP contribution in [0.2, 0.25) is 0 Å². The normalized spacial score (nSPS) is 31.1. The Kier molecular flexibility index (Phi) is 2.56. The molecule has 0 amide bonds. The summed E-state index contributed by atoms with van der Waals surface area (Å²) < 4.78 is 0. The Morgan fingerprint density at radius 2 is 2.31 bits per heavy atom. The molecule has 0 radical (unpaired) electrons. The van der Waals surface area contributed by atoms with E-state index in [1.807, 2.05) is 0 Å². The van der Waals surface area contributed by atoms with Crippen molar-refractivity contribution in [2.45, 2.75) is 18.9 Å². The van der Waals surface area contributed by atoms with Crippen LogP contribution in [0.25, 0.3) is 0 Å². The Morgan fingerprint density at radius 3 is 2.62 bits per heavy atom. The summed E-state index contributed by atoms with van der Waals surface area (Å²) in [6.07, 6.45) is 0.829. The van der Waals surface area contributed by atoms with Crippen molar-refractivity contribution in [3.8, 4) is 0 Å². The number of rotatable bonds is 4. The zero-order valence-electron chi connectivity index (χ0n) is 8.00. The Bertz CT molecular complexity index is 247. The summed E-state index contributed by atoms with van der Waals surface area (Å²) in [5.41, 5.74) is 10.0. The Hall–Kier alpha value is -1.10. The van der Waals surface area contributed by atoms with E-state index in [0.717, 1.165) is 6.42 Å². The van der Waals surface area contributed by atoms with Gasteiger partial charge >= 0.3 is 0 Å². The van der Waals surface area contributed by atoms with Crippen LogP contribution in [0.4, 0.5) is 0 Å². The lowest BCUT2D eigenvalue weighted by Gasteiger charge is -2.11. The molecule has 0 aromatic rings. The molecule has 13 heavy (non-hydrogen) atoms. The number of nitrogens with one attached hydrogen (secondary N) is 1. The highest BCUT2D eigenvalue weighted by Gasteiger charge is 2.56. The van der Waals surface area contributed by atoms with Gasteiger partial charge in [-0.2, -0.15) is 0 Å². The van der Waals surface area contributed by atoms with Crippen molar-refractivity contribution in [2.75, 3.05) is 13.6 Å². The summed E-state index contributed by atoms with van der Waals surface area (Å²) >= 11 is 0. The fraction of sp³-hybridized carbons (Fsp3) is 0.750. The molecule has 0 aromatic carbocycles. The minimum atomic E-state index is -0.362. The predicted molar refractivity (Wildman–Crippen MR) is 51.3 cm³/mol. The number of nitrogens with two attached hydrogens (primary N) is 2. The molecule has 2 atom stereocenters. The maximum Gasteiger partial charge on any atom is 0.185 e. The summed E-state index contributed by atoms with van der Waals surface area (Å²) in [7, 11) is 1.79. The molecule has 5 nitrogen and oxygen atoms in total. The predicted octanol–water partition coefficient (Wildman–Crippen LogP) is -1.17. The summed E-state index contributed by atoms with van der Waals surface area (Å²) in [6.45, 7) is 2.12. The minimum Gasteiger partial charge on any atom is -0.370 e. The van der Waals surface area contributed by atoms with Crippen molar-refractivity contribution in [1.29, 1.82) is 0 Å². The van der Waals surface area contributed by atoms with Crippen LogP contribution in [-0.2, 0) is 4.79 Å². The summed E-state index contributed by atoms with van der Waals surface area (Å²) in [5, 5.41) is 3.03. The molecule has 1 aliphatic rings. The van der Waals surface area contributed by atoms with Crippen molar-refractivity contribution < 1.29 is 4.79 Å². The highest BCUT2D eigenvalue weighted by Crippen LogP contribution is 2.43. The van der Waals surface area contributed by atoms with Gasteiger partial charge in [-0.25, -0.2) is 0 Å². The molecule has 1 fully saturated rings. The number of nitrogens with zero attached hydrogens (tertiary/aromatic N) is 1. The minimum absolute atomic E-state index is 0.0838. The van der Waals surface area contributed by atoms with Crippen molar-refractivity contribution in [1.82, 2.24) is 5.32 Å². The van der Waals surface area contributed by atoms with Crippen molar-refractivity contribution in [3.63, 3.8) is 0 Å². The fourth-order valence-corrected chi connectivity index (χ4v) is 1.68. The molecule has 0 heterocycles. The Balaban J connectivity index is 2.51. The van der Waals surface area contributed by atoms with Gasteiger partial charge in [-0.1, -0.05) is 0 Å². The van der Waals surface area contributed by atoms with E-state index in [4.69, 9.17) is 11.5 Å². The first-order chi connectivity index (χ1) is 6.03. The largest absolute Gasteiger partial charge is 0.370 e. The second-order valence-electron chi connectivity index (χ2n) is 3.44. The highest BCUT2D eigenvalue weighted by molar-refractivity contribution is 5.90. The van der Waals surface area contributed by atoms with Crippen molar-refractivity contribution in [3.05, 3.63) is 0 Å². The number of guanidine groups is 1. The van der Waals surface area contributed by atoms with E-state index in [-0.39, 0.29) is 23.2 Å². The van der Waals surface area contributed by atoms with Crippen LogP contribution >= 0.6 is 0 Å². The molecule has 0 aliphatic heterocycles. The summed E-state index contributed by atoms with van der Waals surface area (Å²) in [6, 6.07) is 0. The zero-order valence-corrected chi connectivity index (χ0v) is 8.00. The van der Waals surface area contributed by atoms with Gasteiger partial charge in [-0.05, 0) is 20.4 Å². The monoisotopic (exact) mass is 184 g/mol. The van der Waals surface area contributed by atoms with Gasteiger partial charge in [0.15, 0.2) is 5.96 Å². The lowest BCUT2D eigenvalue weighted by Crippen LogP contribution is -2.38. The van der Waals surface area contributed by atoms with Gasteiger partial charge in [0, 0.05) is 12.5 Å². The molecule has 74 valence electrons. The quantitative estimate of drug-likeness (QED) is 0.379. The average molecular weight is 184 g/mol. The Labute approximate surface area is 77.6 Å². The molecule has 0 spiro atoms.